The molecular weight excluding hydrogens is 783 g/mol. The van der Waals surface area contributed by atoms with E-state index in [2.05, 4.69) is 20.5 Å². The Labute approximate surface area is 336 Å². The van der Waals surface area contributed by atoms with Crippen LogP contribution in [0.5, 0.6) is 5.75 Å². The van der Waals surface area contributed by atoms with Gasteiger partial charge in [-0.15, -0.1) is 0 Å². The lowest BCUT2D eigenvalue weighted by Crippen LogP contribution is -2.63. The number of carbonyl (C=O) groups is 8. The number of likely N-dealkylation sites (tertiary alicyclic amines) is 1. The zero-order valence-electron chi connectivity index (χ0n) is 33.5. The van der Waals surface area contributed by atoms with Gasteiger partial charge >= 0.3 is 7.82 Å². The lowest BCUT2D eigenvalue weighted by Gasteiger charge is -2.35. The number of nitrogens with zero attached hydrogens (tertiary/aromatic N) is 2. The highest BCUT2D eigenvalue weighted by Gasteiger charge is 2.44. The van der Waals surface area contributed by atoms with E-state index in [0.29, 0.717) is 16.9 Å². The highest BCUT2D eigenvalue weighted by atomic mass is 31.2. The summed E-state index contributed by atoms with van der Waals surface area (Å²) in [6.07, 6.45) is -1.99. The van der Waals surface area contributed by atoms with E-state index in [1.807, 2.05) is 13.8 Å². The van der Waals surface area contributed by atoms with E-state index in [0.717, 1.165) is 13.8 Å². The van der Waals surface area contributed by atoms with E-state index in [1.54, 1.807) is 12.1 Å². The fraction of sp³-hybridized carbons (Fsp3) is 0.611. The van der Waals surface area contributed by atoms with Crippen LogP contribution < -0.4 is 33.2 Å². The first-order valence-corrected chi connectivity index (χ1v) is 20.3. The molecule has 324 valence electrons. The molecular formula is C36H57N8O13P. The summed E-state index contributed by atoms with van der Waals surface area (Å²) >= 11 is 0. The Balaban J connectivity index is 2.40. The number of phenols is 1. The first kappa shape index (κ1) is 49.2. The van der Waals surface area contributed by atoms with Gasteiger partial charge in [0.05, 0.1) is 12.1 Å². The van der Waals surface area contributed by atoms with E-state index >= 15 is 0 Å². The Bertz CT molecular complexity index is 1720. The zero-order chi connectivity index (χ0) is 44.2. The Morgan fingerprint density at radius 1 is 0.931 bits per heavy atom. The molecule has 1 saturated heterocycles. The van der Waals surface area contributed by atoms with Gasteiger partial charge in [-0.05, 0) is 68.6 Å². The van der Waals surface area contributed by atoms with Crippen LogP contribution in [0.4, 0.5) is 0 Å². The van der Waals surface area contributed by atoms with Gasteiger partial charge in [-0.2, -0.15) is 0 Å². The van der Waals surface area contributed by atoms with Gasteiger partial charge in [-0.3, -0.25) is 47.8 Å². The Morgan fingerprint density at radius 2 is 1.53 bits per heavy atom. The molecule has 0 bridgehead atoms. The fourth-order valence-electron chi connectivity index (χ4n) is 6.58. The van der Waals surface area contributed by atoms with E-state index in [4.69, 9.17) is 17.2 Å². The zero-order valence-corrected chi connectivity index (χ0v) is 34.3. The number of rotatable bonds is 21. The molecule has 58 heavy (non-hydrogen) atoms. The van der Waals surface area contributed by atoms with Gasteiger partial charge in [0.25, 0.3) is 5.91 Å². The van der Waals surface area contributed by atoms with Gasteiger partial charge in [0.15, 0.2) is 0 Å². The van der Waals surface area contributed by atoms with Crippen LogP contribution in [-0.2, 0) is 53.9 Å². The van der Waals surface area contributed by atoms with E-state index < -0.39 is 116 Å². The van der Waals surface area contributed by atoms with Crippen molar-refractivity contribution in [1.82, 2.24) is 25.8 Å². The van der Waals surface area contributed by atoms with Crippen molar-refractivity contribution >= 4 is 55.1 Å². The predicted molar refractivity (Wildman–Crippen MR) is 206 cm³/mol. The van der Waals surface area contributed by atoms with E-state index in [9.17, 15) is 57.8 Å². The highest BCUT2D eigenvalue weighted by molar-refractivity contribution is 7.46. The van der Waals surface area contributed by atoms with Gasteiger partial charge in [-0.25, -0.2) is 4.57 Å². The lowest BCUT2D eigenvalue weighted by molar-refractivity contribution is -0.155. The third-order valence-corrected chi connectivity index (χ3v) is 9.92. The second-order valence-electron chi connectivity index (χ2n) is 15.0. The summed E-state index contributed by atoms with van der Waals surface area (Å²) in [6, 6.07) is -2.50. The van der Waals surface area contributed by atoms with Crippen LogP contribution in [0.3, 0.4) is 0 Å². The largest absolute Gasteiger partial charge is 0.508 e. The number of phenolic OH excluding ortho intramolecular Hbond substituents is 1. The van der Waals surface area contributed by atoms with Gasteiger partial charge < -0.3 is 52.9 Å². The molecule has 7 atom stereocenters. The number of nitrogens with two attached hydrogens (primary N) is 3. The summed E-state index contributed by atoms with van der Waals surface area (Å²) in [5, 5.41) is 17.0. The maximum Gasteiger partial charge on any atom is 0.469 e. The normalized spacial score (nSPS) is 17.4. The van der Waals surface area contributed by atoms with Crippen LogP contribution in [0.1, 0.15) is 79.2 Å². The molecule has 1 aliphatic heterocycles. The molecule has 1 aromatic rings. The number of hydrogen-bond acceptors (Lipinski definition) is 12. The molecule has 0 radical (unpaired) electrons. The molecule has 8 amide bonds. The van der Waals surface area contributed by atoms with Crippen LogP contribution >= 0.6 is 7.82 Å². The van der Waals surface area contributed by atoms with Crippen molar-refractivity contribution in [3.63, 3.8) is 0 Å². The van der Waals surface area contributed by atoms with Crippen LogP contribution in [0.2, 0.25) is 0 Å². The van der Waals surface area contributed by atoms with Crippen LogP contribution in [0.15, 0.2) is 24.3 Å². The van der Waals surface area contributed by atoms with Crippen molar-refractivity contribution in [3.05, 3.63) is 29.8 Å². The molecule has 0 aliphatic carbocycles. The maximum absolute atomic E-state index is 14.0. The van der Waals surface area contributed by atoms with Crippen LogP contribution in [0.25, 0.3) is 0 Å². The summed E-state index contributed by atoms with van der Waals surface area (Å²) in [4.78, 5) is 126. The smallest absolute Gasteiger partial charge is 0.469 e. The Kier molecular flexibility index (Phi) is 18.4. The van der Waals surface area contributed by atoms with Crippen molar-refractivity contribution in [2.24, 2.45) is 29.0 Å². The van der Waals surface area contributed by atoms with Crippen LogP contribution in [0, 0.1) is 11.8 Å². The van der Waals surface area contributed by atoms with Gasteiger partial charge in [-0.1, -0.05) is 39.8 Å². The SMILES string of the molecule is CC(=O)N(C(=O)[C@@H](NC(=O)[C@H](CCC(N)=O)NC(=O)[C@@H]1CCCN1C(=O)[C@H](CC(C)C)NC(=O)[C@@H](N)Cc1ccc(O)cc1)[C@@H](C)OP(=O)(O)O)[C@H](C(N)=O)C(C)C. The van der Waals surface area contributed by atoms with Crippen LogP contribution in [-0.4, -0.2) is 121 Å². The number of phosphoric acid groups is 1. The lowest BCUT2D eigenvalue weighted by atomic mass is 9.99. The summed E-state index contributed by atoms with van der Waals surface area (Å²) in [5.74, 6) is -8.35. The van der Waals surface area contributed by atoms with Crippen molar-refractivity contribution < 1.29 is 62.3 Å². The summed E-state index contributed by atoms with van der Waals surface area (Å²) in [6.45, 7) is 8.64. The molecule has 1 heterocycles. The fourth-order valence-corrected chi connectivity index (χ4v) is 7.13. The minimum atomic E-state index is -5.34. The molecule has 0 unspecified atom stereocenters. The summed E-state index contributed by atoms with van der Waals surface area (Å²) in [5.41, 5.74) is 17.6. The van der Waals surface area contributed by atoms with E-state index in [-0.39, 0.29) is 37.5 Å². The van der Waals surface area contributed by atoms with Crippen molar-refractivity contribution in [2.75, 3.05) is 6.54 Å². The number of aromatic hydroxyl groups is 1. The standard InChI is InChI=1S/C36H57N8O13P/c1-18(2)16-26(41-32(49)24(37)17-22-9-11-23(46)12-10-22)35(52)43-15-7-8-27(43)34(51)40-25(13-14-28(38)47)33(50)42-29(20(5)57-58(54,55)56)36(53)44(21(6)45)30(19(3)4)31(39)48/h9-12,18-20,24-27,29-30,46H,7-8,13-17,37H2,1-6H3,(H2,38,47)(H2,39,48)(H,40,51)(H,41,49)(H,42,50)(H2,54,55,56)/t20-,24+,25+,26+,27+,29+,30+/m1/s1. The second-order valence-corrected chi connectivity index (χ2v) is 16.2. The molecule has 2 rings (SSSR count). The third kappa shape index (κ3) is 14.8. The minimum Gasteiger partial charge on any atom is -0.508 e. The van der Waals surface area contributed by atoms with Gasteiger partial charge in [0.1, 0.15) is 36.0 Å². The number of amides is 8. The number of nitrogens with one attached hydrogen (secondary N) is 3. The monoisotopic (exact) mass is 840 g/mol. The Morgan fingerprint density at radius 3 is 2.03 bits per heavy atom. The molecule has 22 heteroatoms. The molecule has 1 aromatic carbocycles. The van der Waals surface area contributed by atoms with Gasteiger partial charge in [0, 0.05) is 19.9 Å². The average Bonchev–Trinajstić information content (AvgIpc) is 3.60. The summed E-state index contributed by atoms with van der Waals surface area (Å²) in [7, 11) is -5.34. The molecule has 1 aliphatic rings. The second kappa shape index (κ2) is 21.7. The van der Waals surface area contributed by atoms with Crippen molar-refractivity contribution in [1.29, 1.82) is 0 Å². The van der Waals surface area contributed by atoms with E-state index in [1.165, 1.54) is 30.9 Å². The number of benzene rings is 1. The first-order valence-electron chi connectivity index (χ1n) is 18.7. The topological polar surface area (TPSA) is 344 Å². The van der Waals surface area contributed by atoms with Crippen molar-refractivity contribution in [3.8, 4) is 5.75 Å². The molecule has 0 spiro atoms. The predicted octanol–water partition coefficient (Wildman–Crippen LogP) is -1.60. The molecule has 12 N–H and O–H groups in total. The number of phosphoric ester groups is 1. The molecule has 1 fully saturated rings. The summed E-state index contributed by atoms with van der Waals surface area (Å²) < 4.78 is 16.5. The van der Waals surface area contributed by atoms with Crippen molar-refractivity contribution in [2.45, 2.75) is 122 Å². The van der Waals surface area contributed by atoms with Gasteiger partial charge in [0.2, 0.25) is 41.4 Å². The molecule has 0 saturated carbocycles. The maximum atomic E-state index is 14.0. The number of hydrogen-bond donors (Lipinski definition) is 9. The number of carbonyl (C=O) groups excluding carboxylic acids is 8. The molecule has 21 nitrogen and oxygen atoms in total. The first-order chi connectivity index (χ1) is 26.8. The number of primary amides is 2. The third-order valence-electron chi connectivity index (χ3n) is 9.32. The highest BCUT2D eigenvalue weighted by Crippen LogP contribution is 2.38. The average molecular weight is 841 g/mol. The quantitative estimate of drug-likeness (QED) is 0.0630. The minimum absolute atomic E-state index is 0.0351. The molecule has 0 aromatic heterocycles. The Hall–Kier alpha value is -4.95. The number of imide groups is 1.